The average molecular weight is 388 g/mol. The van der Waals surface area contributed by atoms with Crippen LogP contribution in [0.25, 0.3) is 0 Å². The normalized spacial score (nSPS) is 15.8. The van der Waals surface area contributed by atoms with E-state index in [1.807, 2.05) is 36.4 Å². The summed E-state index contributed by atoms with van der Waals surface area (Å²) in [6.07, 6.45) is 4.82. The fourth-order valence-corrected chi connectivity index (χ4v) is 3.73. The van der Waals surface area contributed by atoms with Crippen LogP contribution in [0.15, 0.2) is 48.5 Å². The fourth-order valence-electron chi connectivity index (χ4n) is 3.60. The molecule has 0 N–H and O–H groups in total. The number of rotatable bonds is 9. The predicted octanol–water partition coefficient (Wildman–Crippen LogP) is 5.21. The number of methoxy groups -OCH3 is 1. The Morgan fingerprint density at radius 2 is 1.63 bits per heavy atom. The lowest BCUT2D eigenvalue weighted by molar-refractivity contribution is 0.0575. The number of hydrogen-bond acceptors (Lipinski definition) is 3. The first-order valence-corrected chi connectivity index (χ1v) is 10.3. The first-order valence-electron chi connectivity index (χ1n) is 9.90. The summed E-state index contributed by atoms with van der Waals surface area (Å²) >= 11 is 5.91. The Morgan fingerprint density at radius 1 is 0.963 bits per heavy atom. The highest BCUT2D eigenvalue weighted by molar-refractivity contribution is 6.30. The van der Waals surface area contributed by atoms with E-state index < -0.39 is 0 Å². The van der Waals surface area contributed by atoms with Gasteiger partial charge in [-0.25, -0.2) is 0 Å². The van der Waals surface area contributed by atoms with Crippen LogP contribution in [0, 0.1) is 5.92 Å². The molecule has 0 bridgehead atoms. The van der Waals surface area contributed by atoms with Gasteiger partial charge >= 0.3 is 0 Å². The van der Waals surface area contributed by atoms with Gasteiger partial charge in [0.1, 0.15) is 5.75 Å². The molecule has 2 aromatic rings. The third-order valence-corrected chi connectivity index (χ3v) is 5.59. The average Bonchev–Trinajstić information content (AvgIpc) is 2.71. The van der Waals surface area contributed by atoms with Crippen molar-refractivity contribution in [2.75, 3.05) is 33.4 Å². The molecule has 0 aromatic heterocycles. The van der Waals surface area contributed by atoms with E-state index in [4.69, 9.17) is 21.1 Å². The number of ether oxygens (including phenoxy) is 2. The summed E-state index contributed by atoms with van der Waals surface area (Å²) in [6.45, 7) is 5.11. The standard InChI is InChI=1S/C23H30ClNO2/c1-26-23-10-6-19(7-11-23)3-2-14-25-15-12-21(13-16-25)18-27-17-20-4-8-22(24)9-5-20/h4-11,21H,2-3,12-18H2,1H3. The van der Waals surface area contributed by atoms with Gasteiger partial charge < -0.3 is 14.4 Å². The van der Waals surface area contributed by atoms with Crippen LogP contribution in [-0.2, 0) is 17.8 Å². The molecule has 1 fully saturated rings. The van der Waals surface area contributed by atoms with Gasteiger partial charge in [0.25, 0.3) is 0 Å². The first kappa shape index (κ1) is 20.2. The van der Waals surface area contributed by atoms with Crippen LogP contribution in [0.2, 0.25) is 5.02 Å². The monoisotopic (exact) mass is 387 g/mol. The smallest absolute Gasteiger partial charge is 0.118 e. The fraction of sp³-hybridized carbons (Fsp3) is 0.478. The van der Waals surface area contributed by atoms with Gasteiger partial charge in [-0.2, -0.15) is 0 Å². The van der Waals surface area contributed by atoms with Crippen molar-refractivity contribution in [1.82, 2.24) is 4.90 Å². The largest absolute Gasteiger partial charge is 0.497 e. The van der Waals surface area contributed by atoms with Gasteiger partial charge in [0.2, 0.25) is 0 Å². The molecule has 3 rings (SSSR count). The summed E-state index contributed by atoms with van der Waals surface area (Å²) in [6, 6.07) is 16.3. The van der Waals surface area contributed by atoms with Gasteiger partial charge in [0.15, 0.2) is 0 Å². The van der Waals surface area contributed by atoms with Crippen molar-refractivity contribution in [2.24, 2.45) is 5.92 Å². The van der Waals surface area contributed by atoms with Gasteiger partial charge in [-0.3, -0.25) is 0 Å². The van der Waals surface area contributed by atoms with Gasteiger partial charge in [-0.1, -0.05) is 35.9 Å². The van der Waals surface area contributed by atoms with Crippen molar-refractivity contribution in [1.29, 1.82) is 0 Å². The van der Waals surface area contributed by atoms with Gasteiger partial charge in [-0.05, 0) is 86.6 Å². The zero-order valence-electron chi connectivity index (χ0n) is 16.2. The molecule has 0 aliphatic carbocycles. The molecule has 0 radical (unpaired) electrons. The van der Waals surface area contributed by atoms with E-state index in [1.54, 1.807) is 7.11 Å². The highest BCUT2D eigenvalue weighted by Gasteiger charge is 2.18. The maximum atomic E-state index is 5.92. The van der Waals surface area contributed by atoms with E-state index >= 15 is 0 Å². The molecule has 0 amide bonds. The van der Waals surface area contributed by atoms with Crippen LogP contribution in [0.3, 0.4) is 0 Å². The quantitative estimate of drug-likeness (QED) is 0.589. The van der Waals surface area contributed by atoms with E-state index in [0.29, 0.717) is 12.5 Å². The molecule has 3 nitrogen and oxygen atoms in total. The minimum Gasteiger partial charge on any atom is -0.497 e. The molecule has 1 aliphatic rings. The van der Waals surface area contributed by atoms with Crippen LogP contribution in [0.1, 0.15) is 30.4 Å². The molecule has 1 heterocycles. The Kier molecular flexibility index (Phi) is 8.00. The molecule has 146 valence electrons. The molecule has 0 saturated carbocycles. The van der Waals surface area contributed by atoms with Crippen LogP contribution in [0.5, 0.6) is 5.75 Å². The molecule has 0 unspecified atom stereocenters. The van der Waals surface area contributed by atoms with E-state index in [2.05, 4.69) is 17.0 Å². The van der Waals surface area contributed by atoms with Crippen molar-refractivity contribution < 1.29 is 9.47 Å². The minimum atomic E-state index is 0.680. The Balaban J connectivity index is 1.27. The van der Waals surface area contributed by atoms with E-state index in [-0.39, 0.29) is 0 Å². The predicted molar refractivity (Wildman–Crippen MR) is 112 cm³/mol. The van der Waals surface area contributed by atoms with Crippen LogP contribution >= 0.6 is 11.6 Å². The SMILES string of the molecule is COc1ccc(CCCN2CCC(COCc3ccc(Cl)cc3)CC2)cc1. The Morgan fingerprint density at radius 3 is 2.30 bits per heavy atom. The molecule has 1 aliphatic heterocycles. The third kappa shape index (κ3) is 6.84. The molecule has 1 saturated heterocycles. The summed E-state index contributed by atoms with van der Waals surface area (Å²) in [5, 5.41) is 0.776. The Labute approximate surface area is 168 Å². The van der Waals surface area contributed by atoms with Gasteiger partial charge in [0.05, 0.1) is 13.7 Å². The summed E-state index contributed by atoms with van der Waals surface area (Å²) in [4.78, 5) is 2.60. The number of hydrogen-bond donors (Lipinski definition) is 0. The van der Waals surface area contributed by atoms with Crippen molar-refractivity contribution in [3.05, 3.63) is 64.7 Å². The van der Waals surface area contributed by atoms with Crippen LogP contribution in [0.4, 0.5) is 0 Å². The second-order valence-electron chi connectivity index (χ2n) is 7.38. The highest BCUT2D eigenvalue weighted by atomic mass is 35.5. The zero-order chi connectivity index (χ0) is 18.9. The molecular weight excluding hydrogens is 358 g/mol. The first-order chi connectivity index (χ1) is 13.2. The van der Waals surface area contributed by atoms with Gasteiger partial charge in [-0.15, -0.1) is 0 Å². The lowest BCUT2D eigenvalue weighted by Gasteiger charge is -2.31. The summed E-state index contributed by atoms with van der Waals surface area (Å²) in [5.41, 5.74) is 2.58. The Bertz CT molecular complexity index is 664. The lowest BCUT2D eigenvalue weighted by Crippen LogP contribution is -2.35. The molecule has 27 heavy (non-hydrogen) atoms. The summed E-state index contributed by atoms with van der Waals surface area (Å²) in [5.74, 6) is 1.62. The number of piperidine rings is 1. The maximum Gasteiger partial charge on any atom is 0.118 e. The number of nitrogens with zero attached hydrogens (tertiary/aromatic N) is 1. The number of likely N-dealkylation sites (tertiary alicyclic amines) is 1. The number of halogens is 1. The van der Waals surface area contributed by atoms with Crippen molar-refractivity contribution in [2.45, 2.75) is 32.3 Å². The van der Waals surface area contributed by atoms with E-state index in [0.717, 1.165) is 23.8 Å². The molecule has 0 spiro atoms. The summed E-state index contributed by atoms with van der Waals surface area (Å²) in [7, 11) is 1.71. The van der Waals surface area contributed by atoms with Crippen molar-refractivity contribution in [3.8, 4) is 5.75 Å². The zero-order valence-corrected chi connectivity index (χ0v) is 17.0. The van der Waals surface area contributed by atoms with Crippen LogP contribution < -0.4 is 4.74 Å². The van der Waals surface area contributed by atoms with E-state index in [9.17, 15) is 0 Å². The number of benzene rings is 2. The summed E-state index contributed by atoms with van der Waals surface area (Å²) < 4.78 is 11.1. The topological polar surface area (TPSA) is 21.7 Å². The molecule has 0 atom stereocenters. The van der Waals surface area contributed by atoms with Crippen molar-refractivity contribution in [3.63, 3.8) is 0 Å². The minimum absolute atomic E-state index is 0.680. The third-order valence-electron chi connectivity index (χ3n) is 5.34. The second-order valence-corrected chi connectivity index (χ2v) is 7.81. The van der Waals surface area contributed by atoms with Gasteiger partial charge in [0, 0.05) is 11.6 Å². The van der Waals surface area contributed by atoms with Crippen molar-refractivity contribution >= 4 is 11.6 Å². The Hall–Kier alpha value is -1.55. The molecule has 4 heteroatoms. The lowest BCUT2D eigenvalue weighted by atomic mass is 9.97. The van der Waals surface area contributed by atoms with E-state index in [1.165, 1.54) is 50.0 Å². The second kappa shape index (κ2) is 10.7. The molecule has 2 aromatic carbocycles. The van der Waals surface area contributed by atoms with Crippen LogP contribution in [-0.4, -0.2) is 38.3 Å². The molecular formula is C23H30ClNO2. The number of aryl methyl sites for hydroxylation is 1. The maximum absolute atomic E-state index is 5.92. The highest BCUT2D eigenvalue weighted by Crippen LogP contribution is 2.19.